The van der Waals surface area contributed by atoms with Crippen molar-refractivity contribution in [2.75, 3.05) is 6.61 Å². The summed E-state index contributed by atoms with van der Waals surface area (Å²) in [4.78, 5) is 34.4. The van der Waals surface area contributed by atoms with E-state index in [1.165, 1.54) is 0 Å². The number of rotatable bonds is 7. The van der Waals surface area contributed by atoms with E-state index < -0.39 is 17.2 Å². The molecule has 0 N–H and O–H groups in total. The van der Waals surface area contributed by atoms with Crippen LogP contribution in [0, 0.1) is 11.3 Å². The third kappa shape index (κ3) is 5.61. The van der Waals surface area contributed by atoms with Crippen molar-refractivity contribution in [2.24, 2.45) is 11.3 Å². The molecule has 0 saturated carbocycles. The minimum Gasteiger partial charge on any atom is -0.460 e. The van der Waals surface area contributed by atoms with Gasteiger partial charge >= 0.3 is 5.97 Å². The molecule has 17 heavy (non-hydrogen) atoms. The number of hydrogen-bond donors (Lipinski definition) is 0. The molecule has 0 aliphatic heterocycles. The molecular formula is C13H22O4. The summed E-state index contributed by atoms with van der Waals surface area (Å²) in [7, 11) is 0. The topological polar surface area (TPSA) is 60.4 Å². The van der Waals surface area contributed by atoms with Crippen molar-refractivity contribution in [3.05, 3.63) is 0 Å². The summed E-state index contributed by atoms with van der Waals surface area (Å²) in [6.07, 6.45) is 0.334. The van der Waals surface area contributed by atoms with Crippen molar-refractivity contribution in [2.45, 2.75) is 47.5 Å². The third-order valence-corrected chi connectivity index (χ3v) is 2.50. The molecule has 0 spiro atoms. The molecule has 0 rings (SSSR count). The second kappa shape index (κ2) is 6.52. The van der Waals surface area contributed by atoms with Crippen LogP contribution in [0.3, 0.4) is 0 Å². The second-order valence-electron chi connectivity index (χ2n) is 5.23. The van der Waals surface area contributed by atoms with Crippen LogP contribution >= 0.6 is 0 Å². The van der Waals surface area contributed by atoms with E-state index in [1.807, 2.05) is 13.8 Å². The molecule has 4 nitrogen and oxygen atoms in total. The predicted octanol–water partition coefficient (Wildman–Crippen LogP) is 2.15. The van der Waals surface area contributed by atoms with Gasteiger partial charge in [0.25, 0.3) is 0 Å². The lowest BCUT2D eigenvalue weighted by Crippen LogP contribution is -2.30. The van der Waals surface area contributed by atoms with E-state index in [0.717, 1.165) is 0 Å². The van der Waals surface area contributed by atoms with E-state index in [4.69, 9.17) is 0 Å². The van der Waals surface area contributed by atoms with Gasteiger partial charge in [-0.2, -0.15) is 0 Å². The number of carbonyl (C=O) groups excluding carboxylic acids is 3. The lowest BCUT2D eigenvalue weighted by atomic mass is 9.78. The summed E-state index contributed by atoms with van der Waals surface area (Å²) in [5.41, 5.74) is -0.573. The van der Waals surface area contributed by atoms with Gasteiger partial charge in [-0.3, -0.25) is 9.59 Å². The highest BCUT2D eigenvalue weighted by Crippen LogP contribution is 2.27. The molecule has 0 aliphatic rings. The molecule has 0 aromatic carbocycles. The molecule has 98 valence electrons. The van der Waals surface area contributed by atoms with Gasteiger partial charge in [0.2, 0.25) is 5.78 Å². The Hall–Kier alpha value is -1.19. The molecule has 0 atom stereocenters. The van der Waals surface area contributed by atoms with Gasteiger partial charge in [-0.15, -0.1) is 0 Å². The van der Waals surface area contributed by atoms with Crippen LogP contribution in [0.5, 0.6) is 0 Å². The summed E-state index contributed by atoms with van der Waals surface area (Å²) < 4.78 is 4.56. The Morgan fingerprint density at radius 3 is 2.12 bits per heavy atom. The van der Waals surface area contributed by atoms with Crippen molar-refractivity contribution in [3.8, 4) is 0 Å². The average molecular weight is 242 g/mol. The number of hydrogen-bond acceptors (Lipinski definition) is 4. The first-order valence-electron chi connectivity index (χ1n) is 5.94. The Labute approximate surface area is 103 Å². The zero-order chi connectivity index (χ0) is 13.6. The Kier molecular flexibility index (Phi) is 6.07. The van der Waals surface area contributed by atoms with Crippen molar-refractivity contribution < 1.29 is 19.1 Å². The Balaban J connectivity index is 4.43. The summed E-state index contributed by atoms with van der Waals surface area (Å²) in [6, 6.07) is 0. The highest BCUT2D eigenvalue weighted by molar-refractivity contribution is 6.37. The maximum Gasteiger partial charge on any atom is 0.375 e. The van der Waals surface area contributed by atoms with Gasteiger partial charge in [-0.1, -0.05) is 27.7 Å². The first-order valence-corrected chi connectivity index (χ1v) is 5.94. The summed E-state index contributed by atoms with van der Waals surface area (Å²) in [5, 5.41) is 0. The van der Waals surface area contributed by atoms with Gasteiger partial charge in [0.05, 0.1) is 13.0 Å². The van der Waals surface area contributed by atoms with Crippen molar-refractivity contribution in [3.63, 3.8) is 0 Å². The smallest absolute Gasteiger partial charge is 0.375 e. The largest absolute Gasteiger partial charge is 0.460 e. The van der Waals surface area contributed by atoms with Gasteiger partial charge in [0.15, 0.2) is 0 Å². The standard InChI is InChI=1S/C13H22O4/c1-6-17-12(16)10(14)7-11(15)13(4,5)8-9(2)3/h9H,6-8H2,1-5H3. The zero-order valence-corrected chi connectivity index (χ0v) is 11.3. The first kappa shape index (κ1) is 15.8. The van der Waals surface area contributed by atoms with Crippen LogP contribution in [-0.2, 0) is 19.1 Å². The number of carbonyl (C=O) groups is 3. The average Bonchev–Trinajstić information content (AvgIpc) is 2.15. The number of esters is 1. The Bertz CT molecular complexity index is 303. The van der Waals surface area contributed by atoms with Crippen LogP contribution in [0.1, 0.15) is 47.5 Å². The van der Waals surface area contributed by atoms with Gasteiger partial charge in [-0.25, -0.2) is 4.79 Å². The highest BCUT2D eigenvalue weighted by Gasteiger charge is 2.31. The van der Waals surface area contributed by atoms with Crippen LogP contribution in [-0.4, -0.2) is 24.1 Å². The minimum absolute atomic E-state index is 0.147. The van der Waals surface area contributed by atoms with E-state index in [1.54, 1.807) is 20.8 Å². The molecule has 0 bridgehead atoms. The van der Waals surface area contributed by atoms with Crippen molar-refractivity contribution in [1.29, 1.82) is 0 Å². The van der Waals surface area contributed by atoms with Crippen LogP contribution in [0.4, 0.5) is 0 Å². The fraction of sp³-hybridized carbons (Fsp3) is 0.769. The van der Waals surface area contributed by atoms with E-state index >= 15 is 0 Å². The van der Waals surface area contributed by atoms with E-state index in [0.29, 0.717) is 12.3 Å². The van der Waals surface area contributed by atoms with Crippen molar-refractivity contribution in [1.82, 2.24) is 0 Å². The van der Waals surface area contributed by atoms with Crippen LogP contribution in [0.25, 0.3) is 0 Å². The zero-order valence-electron chi connectivity index (χ0n) is 11.3. The summed E-state index contributed by atoms with van der Waals surface area (Å²) in [5.74, 6) is -1.51. The molecule has 0 radical (unpaired) electrons. The lowest BCUT2D eigenvalue weighted by molar-refractivity contribution is -0.155. The molecule has 4 heteroatoms. The first-order chi connectivity index (χ1) is 7.70. The molecule has 0 saturated heterocycles. The molecule has 0 unspecified atom stereocenters. The number of ether oxygens (including phenoxy) is 1. The van der Waals surface area contributed by atoms with E-state index in [2.05, 4.69) is 4.74 Å². The molecule has 0 aromatic rings. The van der Waals surface area contributed by atoms with Gasteiger partial charge in [-0.05, 0) is 19.3 Å². The molecular weight excluding hydrogens is 220 g/mol. The molecule has 0 amide bonds. The quantitative estimate of drug-likeness (QED) is 0.390. The van der Waals surface area contributed by atoms with Gasteiger partial charge in [0.1, 0.15) is 5.78 Å². The Morgan fingerprint density at radius 1 is 1.18 bits per heavy atom. The van der Waals surface area contributed by atoms with Crippen LogP contribution in [0.15, 0.2) is 0 Å². The fourth-order valence-corrected chi connectivity index (χ4v) is 1.80. The normalized spacial score (nSPS) is 11.4. The van der Waals surface area contributed by atoms with Crippen LogP contribution < -0.4 is 0 Å². The molecule has 0 aliphatic carbocycles. The van der Waals surface area contributed by atoms with Gasteiger partial charge in [0, 0.05) is 5.41 Å². The number of Topliss-reactive ketones (excluding diaryl/α,β-unsaturated/α-hetero) is 2. The highest BCUT2D eigenvalue weighted by atomic mass is 16.5. The summed E-state index contributed by atoms with van der Waals surface area (Å²) in [6.45, 7) is 9.40. The molecule has 0 heterocycles. The van der Waals surface area contributed by atoms with Crippen molar-refractivity contribution >= 4 is 17.5 Å². The van der Waals surface area contributed by atoms with Crippen LogP contribution in [0.2, 0.25) is 0 Å². The SMILES string of the molecule is CCOC(=O)C(=O)CC(=O)C(C)(C)CC(C)C. The second-order valence-corrected chi connectivity index (χ2v) is 5.23. The molecule has 0 fully saturated rings. The van der Waals surface area contributed by atoms with E-state index in [9.17, 15) is 14.4 Å². The van der Waals surface area contributed by atoms with E-state index in [-0.39, 0.29) is 18.8 Å². The third-order valence-electron chi connectivity index (χ3n) is 2.50. The fourth-order valence-electron chi connectivity index (χ4n) is 1.80. The lowest BCUT2D eigenvalue weighted by Gasteiger charge is -2.24. The monoisotopic (exact) mass is 242 g/mol. The number of ketones is 2. The predicted molar refractivity (Wildman–Crippen MR) is 64.5 cm³/mol. The minimum atomic E-state index is -0.916. The Morgan fingerprint density at radius 2 is 1.71 bits per heavy atom. The molecule has 0 aromatic heterocycles. The summed E-state index contributed by atoms with van der Waals surface area (Å²) >= 11 is 0. The maximum atomic E-state index is 11.9. The van der Waals surface area contributed by atoms with Gasteiger partial charge < -0.3 is 4.74 Å². The maximum absolute atomic E-state index is 11.9.